The van der Waals surface area contributed by atoms with E-state index in [2.05, 4.69) is 9.97 Å². The average Bonchev–Trinajstić information content (AvgIpc) is 3.05. The zero-order valence-electron chi connectivity index (χ0n) is 12.4. The SMILES string of the molecule is Cc1nc(-c2c[nH]c(C(=O)N3C[C@H](C)O[C@@H](C)C3)c2)cs1. The van der Waals surface area contributed by atoms with E-state index in [1.165, 1.54) is 0 Å². The molecule has 21 heavy (non-hydrogen) atoms. The van der Waals surface area contributed by atoms with Crippen LogP contribution in [0.5, 0.6) is 0 Å². The van der Waals surface area contributed by atoms with Gasteiger partial charge in [0.05, 0.1) is 22.9 Å². The van der Waals surface area contributed by atoms with Crippen LogP contribution in [0.2, 0.25) is 0 Å². The van der Waals surface area contributed by atoms with Gasteiger partial charge in [-0.3, -0.25) is 4.79 Å². The molecule has 1 saturated heterocycles. The number of aromatic nitrogens is 2. The molecule has 1 fully saturated rings. The third-order valence-corrected chi connectivity index (χ3v) is 4.31. The Morgan fingerprint density at radius 2 is 2.14 bits per heavy atom. The van der Waals surface area contributed by atoms with Gasteiger partial charge in [-0.05, 0) is 26.8 Å². The van der Waals surface area contributed by atoms with Crippen LogP contribution in [0, 0.1) is 6.92 Å². The molecule has 2 aromatic rings. The molecule has 0 saturated carbocycles. The molecule has 0 aromatic carbocycles. The predicted octanol–water partition coefficient (Wildman–Crippen LogP) is 2.70. The van der Waals surface area contributed by atoms with E-state index in [0.29, 0.717) is 18.8 Å². The molecule has 6 heteroatoms. The summed E-state index contributed by atoms with van der Waals surface area (Å²) in [5.74, 6) is 0.0233. The van der Waals surface area contributed by atoms with E-state index in [4.69, 9.17) is 4.74 Å². The van der Waals surface area contributed by atoms with Crippen LogP contribution < -0.4 is 0 Å². The van der Waals surface area contributed by atoms with Crippen LogP contribution in [0.4, 0.5) is 0 Å². The number of carbonyl (C=O) groups is 1. The van der Waals surface area contributed by atoms with Crippen molar-refractivity contribution in [2.45, 2.75) is 33.0 Å². The molecule has 112 valence electrons. The minimum absolute atomic E-state index is 0.0233. The lowest BCUT2D eigenvalue weighted by Gasteiger charge is -2.35. The summed E-state index contributed by atoms with van der Waals surface area (Å²) in [5, 5.41) is 3.03. The van der Waals surface area contributed by atoms with Crippen LogP contribution in [0.15, 0.2) is 17.6 Å². The van der Waals surface area contributed by atoms with Crippen molar-refractivity contribution in [2.75, 3.05) is 13.1 Å². The molecular weight excluding hydrogens is 286 g/mol. The molecule has 1 aliphatic heterocycles. The fourth-order valence-electron chi connectivity index (χ4n) is 2.68. The number of nitrogens with one attached hydrogen (secondary N) is 1. The number of nitrogens with zero attached hydrogens (tertiary/aromatic N) is 2. The number of carbonyl (C=O) groups excluding carboxylic acids is 1. The van der Waals surface area contributed by atoms with Gasteiger partial charge < -0.3 is 14.6 Å². The van der Waals surface area contributed by atoms with Crippen molar-refractivity contribution in [3.63, 3.8) is 0 Å². The molecule has 0 radical (unpaired) electrons. The highest BCUT2D eigenvalue weighted by atomic mass is 32.1. The number of H-pyrrole nitrogens is 1. The second kappa shape index (κ2) is 5.61. The number of hydrogen-bond donors (Lipinski definition) is 1. The van der Waals surface area contributed by atoms with Gasteiger partial charge in [0.25, 0.3) is 5.91 Å². The molecule has 0 unspecified atom stereocenters. The van der Waals surface area contributed by atoms with Gasteiger partial charge in [0.15, 0.2) is 0 Å². The first kappa shape index (κ1) is 14.3. The first-order chi connectivity index (χ1) is 10.0. The van der Waals surface area contributed by atoms with Gasteiger partial charge >= 0.3 is 0 Å². The van der Waals surface area contributed by atoms with Gasteiger partial charge in [-0.1, -0.05) is 0 Å². The lowest BCUT2D eigenvalue weighted by Crippen LogP contribution is -2.48. The molecule has 0 bridgehead atoms. The summed E-state index contributed by atoms with van der Waals surface area (Å²) in [4.78, 5) is 21.9. The number of aryl methyl sites for hydroxylation is 1. The fraction of sp³-hybridized carbons (Fsp3) is 0.467. The Morgan fingerprint density at radius 3 is 2.76 bits per heavy atom. The molecule has 0 spiro atoms. The molecular formula is C15H19N3O2S. The van der Waals surface area contributed by atoms with E-state index in [0.717, 1.165) is 16.3 Å². The average molecular weight is 305 g/mol. The van der Waals surface area contributed by atoms with E-state index in [-0.39, 0.29) is 18.1 Å². The monoisotopic (exact) mass is 305 g/mol. The van der Waals surface area contributed by atoms with Crippen LogP contribution in [-0.2, 0) is 4.74 Å². The van der Waals surface area contributed by atoms with Gasteiger partial charge in [-0.15, -0.1) is 11.3 Å². The summed E-state index contributed by atoms with van der Waals surface area (Å²) in [6.45, 7) is 7.23. The second-order valence-corrected chi connectivity index (χ2v) is 6.58. The zero-order valence-corrected chi connectivity index (χ0v) is 13.2. The van der Waals surface area contributed by atoms with E-state index >= 15 is 0 Å². The van der Waals surface area contributed by atoms with Crippen molar-refractivity contribution < 1.29 is 9.53 Å². The summed E-state index contributed by atoms with van der Waals surface area (Å²) in [5.41, 5.74) is 2.48. The normalized spacial score (nSPS) is 22.5. The van der Waals surface area contributed by atoms with Crippen LogP contribution in [0.3, 0.4) is 0 Å². The number of hydrogen-bond acceptors (Lipinski definition) is 4. The Kier molecular flexibility index (Phi) is 3.82. The van der Waals surface area contributed by atoms with Gasteiger partial charge in [0.1, 0.15) is 5.69 Å². The molecule has 1 amide bonds. The highest BCUT2D eigenvalue weighted by Crippen LogP contribution is 2.23. The van der Waals surface area contributed by atoms with Crippen LogP contribution >= 0.6 is 11.3 Å². The lowest BCUT2D eigenvalue weighted by molar-refractivity contribution is -0.0587. The Labute approximate surface area is 128 Å². The number of aromatic amines is 1. The van der Waals surface area contributed by atoms with E-state index in [1.807, 2.05) is 43.3 Å². The number of thiazole rings is 1. The van der Waals surface area contributed by atoms with Crippen LogP contribution in [0.25, 0.3) is 11.3 Å². The summed E-state index contributed by atoms with van der Waals surface area (Å²) >= 11 is 1.61. The van der Waals surface area contributed by atoms with Gasteiger partial charge in [0.2, 0.25) is 0 Å². The van der Waals surface area contributed by atoms with Gasteiger partial charge in [-0.2, -0.15) is 0 Å². The molecule has 0 aliphatic carbocycles. The summed E-state index contributed by atoms with van der Waals surface area (Å²) < 4.78 is 5.67. The number of amides is 1. The third kappa shape index (κ3) is 3.01. The number of rotatable bonds is 2. The molecule has 5 nitrogen and oxygen atoms in total. The Hall–Kier alpha value is -1.66. The van der Waals surface area contributed by atoms with Crippen molar-refractivity contribution in [2.24, 2.45) is 0 Å². The quantitative estimate of drug-likeness (QED) is 0.928. The van der Waals surface area contributed by atoms with Crippen molar-refractivity contribution in [1.82, 2.24) is 14.9 Å². The molecule has 2 aromatic heterocycles. The van der Waals surface area contributed by atoms with E-state index < -0.39 is 0 Å². The van der Waals surface area contributed by atoms with Gasteiger partial charge in [-0.25, -0.2) is 4.98 Å². The first-order valence-electron chi connectivity index (χ1n) is 7.08. The molecule has 2 atom stereocenters. The summed E-state index contributed by atoms with van der Waals surface area (Å²) in [6, 6.07) is 1.88. The topological polar surface area (TPSA) is 58.2 Å². The highest BCUT2D eigenvalue weighted by molar-refractivity contribution is 7.09. The lowest BCUT2D eigenvalue weighted by atomic mass is 10.2. The predicted molar refractivity (Wildman–Crippen MR) is 82.6 cm³/mol. The minimum atomic E-state index is 0.0233. The van der Waals surface area contributed by atoms with Crippen molar-refractivity contribution >= 4 is 17.2 Å². The van der Waals surface area contributed by atoms with Crippen LogP contribution in [0.1, 0.15) is 29.3 Å². The zero-order chi connectivity index (χ0) is 15.0. The van der Waals surface area contributed by atoms with Crippen molar-refractivity contribution in [3.8, 4) is 11.3 Å². The first-order valence-corrected chi connectivity index (χ1v) is 7.96. The largest absolute Gasteiger partial charge is 0.372 e. The maximum Gasteiger partial charge on any atom is 0.270 e. The number of morpholine rings is 1. The standard InChI is InChI=1S/C15H19N3O2S/c1-9-6-18(7-10(2)20-9)15(19)13-4-12(5-16-13)14-8-21-11(3)17-14/h4-5,8-10,16H,6-7H2,1-3H3/t9-,10-/m0/s1. The molecule has 1 aliphatic rings. The molecule has 1 N–H and O–H groups in total. The Balaban J connectivity index is 1.78. The van der Waals surface area contributed by atoms with Crippen LogP contribution in [-0.4, -0.2) is 46.1 Å². The summed E-state index contributed by atoms with van der Waals surface area (Å²) in [6.07, 6.45) is 2.00. The maximum absolute atomic E-state index is 12.6. The second-order valence-electron chi connectivity index (χ2n) is 5.52. The minimum Gasteiger partial charge on any atom is -0.372 e. The highest BCUT2D eigenvalue weighted by Gasteiger charge is 2.27. The number of ether oxygens (including phenoxy) is 1. The molecule has 3 heterocycles. The molecule has 3 rings (SSSR count). The van der Waals surface area contributed by atoms with Crippen molar-refractivity contribution in [1.29, 1.82) is 0 Å². The van der Waals surface area contributed by atoms with Gasteiger partial charge in [0, 0.05) is 30.2 Å². The van der Waals surface area contributed by atoms with E-state index in [1.54, 1.807) is 11.3 Å². The van der Waals surface area contributed by atoms with Crippen molar-refractivity contribution in [3.05, 3.63) is 28.3 Å². The van der Waals surface area contributed by atoms with E-state index in [9.17, 15) is 4.79 Å². The summed E-state index contributed by atoms with van der Waals surface area (Å²) in [7, 11) is 0. The third-order valence-electron chi connectivity index (χ3n) is 3.54. The Morgan fingerprint density at radius 1 is 1.43 bits per heavy atom. The smallest absolute Gasteiger partial charge is 0.270 e. The Bertz CT molecular complexity index is 639. The maximum atomic E-state index is 12.6. The fourth-order valence-corrected chi connectivity index (χ4v) is 3.30.